The Hall–Kier alpha value is -2.87. The highest BCUT2D eigenvalue weighted by atomic mass is 14.9. The number of hydrogen-bond donors (Lipinski definition) is 1. The number of fused-ring (bicyclic) bond motifs is 3. The van der Waals surface area contributed by atoms with Gasteiger partial charge in [0, 0.05) is 23.0 Å². The zero-order chi connectivity index (χ0) is 16.7. The predicted molar refractivity (Wildman–Crippen MR) is 105 cm³/mol. The average Bonchev–Trinajstić information content (AvgIpc) is 3.04. The van der Waals surface area contributed by atoms with Crippen LogP contribution in [0.3, 0.4) is 0 Å². The molecule has 4 rings (SSSR count). The van der Waals surface area contributed by atoms with Gasteiger partial charge in [0.25, 0.3) is 0 Å². The van der Waals surface area contributed by atoms with Gasteiger partial charge in [0.2, 0.25) is 0 Å². The van der Waals surface area contributed by atoms with Crippen LogP contribution in [0.4, 0.5) is 11.4 Å². The molecule has 0 bridgehead atoms. The fraction of sp³-hybridized carbons (Fsp3) is 0.136. The minimum Gasteiger partial charge on any atom is -0.380 e. The van der Waals surface area contributed by atoms with Crippen LogP contribution in [0, 0.1) is 6.92 Å². The van der Waals surface area contributed by atoms with Gasteiger partial charge in [-0.1, -0.05) is 55.1 Å². The Bertz CT molecular complexity index is 1060. The van der Waals surface area contributed by atoms with Crippen molar-refractivity contribution in [3.05, 3.63) is 70.1 Å². The number of anilines is 1. The Balaban J connectivity index is 1.66. The zero-order valence-electron chi connectivity index (χ0n) is 13.9. The van der Waals surface area contributed by atoms with Crippen LogP contribution in [0.5, 0.6) is 0 Å². The molecule has 1 aliphatic heterocycles. The molecule has 0 saturated carbocycles. The van der Waals surface area contributed by atoms with Gasteiger partial charge in [-0.2, -0.15) is 0 Å². The second kappa shape index (κ2) is 5.64. The monoisotopic (exact) mass is 312 g/mol. The van der Waals surface area contributed by atoms with Crippen LogP contribution in [0.2, 0.25) is 0 Å². The molecule has 0 aliphatic carbocycles. The number of aliphatic imine (C=N–C) groups is 1. The minimum atomic E-state index is 0.748. The summed E-state index contributed by atoms with van der Waals surface area (Å²) >= 11 is 0. The second-order valence-electron chi connectivity index (χ2n) is 6.40. The van der Waals surface area contributed by atoms with Gasteiger partial charge >= 0.3 is 0 Å². The molecule has 3 aromatic carbocycles. The van der Waals surface area contributed by atoms with Crippen LogP contribution in [-0.4, -0.2) is 12.3 Å². The Kier molecular flexibility index (Phi) is 3.46. The number of rotatable bonds is 3. The van der Waals surface area contributed by atoms with E-state index in [9.17, 15) is 0 Å². The van der Waals surface area contributed by atoms with E-state index in [1.165, 1.54) is 21.9 Å². The maximum Gasteiger partial charge on any atom is 0.0744 e. The lowest BCUT2D eigenvalue weighted by atomic mass is 9.98. The first-order valence-corrected chi connectivity index (χ1v) is 8.22. The van der Waals surface area contributed by atoms with Crippen molar-refractivity contribution in [3.63, 3.8) is 0 Å². The normalized spacial score (nSPS) is 13.0. The lowest BCUT2D eigenvalue weighted by Crippen LogP contribution is -2.23. The molecule has 3 aromatic rings. The SMILES string of the molecule is C=c1c2c(c3ccccc3c1=C)CC(CNc1ccc(C)cc1)=N2. The fourth-order valence-electron chi connectivity index (χ4n) is 3.32. The van der Waals surface area contributed by atoms with Gasteiger partial charge in [-0.05, 0) is 40.6 Å². The Labute approximate surface area is 141 Å². The highest BCUT2D eigenvalue weighted by molar-refractivity contribution is 6.03. The van der Waals surface area contributed by atoms with Crippen LogP contribution < -0.4 is 15.8 Å². The van der Waals surface area contributed by atoms with Gasteiger partial charge in [0.15, 0.2) is 0 Å². The third-order valence-corrected chi connectivity index (χ3v) is 4.71. The van der Waals surface area contributed by atoms with Crippen molar-refractivity contribution in [2.45, 2.75) is 13.3 Å². The van der Waals surface area contributed by atoms with Crippen molar-refractivity contribution in [1.82, 2.24) is 0 Å². The summed E-state index contributed by atoms with van der Waals surface area (Å²) in [5.74, 6) is 0. The molecule has 1 aliphatic rings. The molecule has 0 amide bonds. The van der Waals surface area contributed by atoms with E-state index in [1.54, 1.807) is 0 Å². The molecule has 1 N–H and O–H groups in total. The van der Waals surface area contributed by atoms with Crippen LogP contribution >= 0.6 is 0 Å². The van der Waals surface area contributed by atoms with E-state index in [0.29, 0.717) is 0 Å². The third kappa shape index (κ3) is 2.41. The van der Waals surface area contributed by atoms with Crippen molar-refractivity contribution in [1.29, 1.82) is 0 Å². The van der Waals surface area contributed by atoms with Crippen LogP contribution in [-0.2, 0) is 6.42 Å². The second-order valence-corrected chi connectivity index (χ2v) is 6.40. The summed E-state index contributed by atoms with van der Waals surface area (Å²) in [5.41, 5.74) is 5.83. The molecule has 0 atom stereocenters. The van der Waals surface area contributed by atoms with E-state index in [0.717, 1.165) is 40.5 Å². The van der Waals surface area contributed by atoms with E-state index in [4.69, 9.17) is 4.99 Å². The maximum atomic E-state index is 4.85. The topological polar surface area (TPSA) is 24.4 Å². The quantitative estimate of drug-likeness (QED) is 0.783. The summed E-state index contributed by atoms with van der Waals surface area (Å²) in [7, 11) is 0. The molecule has 0 radical (unpaired) electrons. The average molecular weight is 312 g/mol. The summed E-state index contributed by atoms with van der Waals surface area (Å²) in [6.07, 6.45) is 0.873. The molecular weight excluding hydrogens is 292 g/mol. The number of nitrogens with zero attached hydrogens (tertiary/aromatic N) is 1. The minimum absolute atomic E-state index is 0.748. The molecule has 1 heterocycles. The lowest BCUT2D eigenvalue weighted by Gasteiger charge is -2.07. The van der Waals surface area contributed by atoms with E-state index in [-0.39, 0.29) is 0 Å². The molecule has 0 spiro atoms. The van der Waals surface area contributed by atoms with Gasteiger partial charge in [-0.3, -0.25) is 4.99 Å². The van der Waals surface area contributed by atoms with E-state index in [2.05, 4.69) is 73.9 Å². The summed E-state index contributed by atoms with van der Waals surface area (Å²) < 4.78 is 0. The van der Waals surface area contributed by atoms with E-state index >= 15 is 0 Å². The van der Waals surface area contributed by atoms with Crippen LogP contribution in [0.15, 0.2) is 53.5 Å². The molecule has 0 fully saturated rings. The molecular formula is C22H20N2. The molecule has 0 aromatic heterocycles. The van der Waals surface area contributed by atoms with Gasteiger partial charge in [0.1, 0.15) is 0 Å². The smallest absolute Gasteiger partial charge is 0.0744 e. The first-order valence-electron chi connectivity index (χ1n) is 8.22. The number of aryl methyl sites for hydroxylation is 1. The first-order chi connectivity index (χ1) is 11.6. The fourth-order valence-corrected chi connectivity index (χ4v) is 3.32. The highest BCUT2D eigenvalue weighted by Gasteiger charge is 2.18. The van der Waals surface area contributed by atoms with Gasteiger partial charge in [0.05, 0.1) is 12.2 Å². The predicted octanol–water partition coefficient (Wildman–Crippen LogP) is 3.71. The summed E-state index contributed by atoms with van der Waals surface area (Å²) in [6.45, 7) is 11.3. The molecule has 0 saturated heterocycles. The standard InChI is InChI=1S/C22H20N2/c1-14-8-10-17(11-9-14)23-13-18-12-21-20-7-5-4-6-19(20)15(2)16(3)22(21)24-18/h4-11,23H,2-3,12-13H2,1H3. The van der Waals surface area contributed by atoms with Gasteiger partial charge in [-0.25, -0.2) is 0 Å². The van der Waals surface area contributed by atoms with Gasteiger partial charge in [-0.15, -0.1) is 0 Å². The molecule has 2 nitrogen and oxygen atoms in total. The summed E-state index contributed by atoms with van der Waals surface area (Å²) in [5, 5.41) is 7.84. The lowest BCUT2D eigenvalue weighted by molar-refractivity contribution is 1.31. The highest BCUT2D eigenvalue weighted by Crippen LogP contribution is 2.28. The molecule has 118 valence electrons. The maximum absolute atomic E-state index is 4.85. The van der Waals surface area contributed by atoms with Crippen molar-refractivity contribution < 1.29 is 0 Å². The number of benzene rings is 3. The van der Waals surface area contributed by atoms with Crippen LogP contribution in [0.1, 0.15) is 11.1 Å². The summed E-state index contributed by atoms with van der Waals surface area (Å²) in [6, 6.07) is 16.9. The Morgan fingerprint density at radius 3 is 2.42 bits per heavy atom. The first kappa shape index (κ1) is 14.7. The molecule has 2 heteroatoms. The van der Waals surface area contributed by atoms with E-state index in [1.807, 2.05) is 0 Å². The largest absolute Gasteiger partial charge is 0.380 e. The van der Waals surface area contributed by atoms with Crippen molar-refractivity contribution in [2.75, 3.05) is 11.9 Å². The third-order valence-electron chi connectivity index (χ3n) is 4.71. The number of hydrogen-bond acceptors (Lipinski definition) is 2. The number of nitrogens with one attached hydrogen (secondary N) is 1. The Morgan fingerprint density at radius 2 is 1.67 bits per heavy atom. The summed E-state index contributed by atoms with van der Waals surface area (Å²) in [4.78, 5) is 4.85. The van der Waals surface area contributed by atoms with Crippen LogP contribution in [0.25, 0.3) is 23.9 Å². The van der Waals surface area contributed by atoms with E-state index < -0.39 is 0 Å². The molecule has 24 heavy (non-hydrogen) atoms. The molecule has 0 unspecified atom stereocenters. The van der Waals surface area contributed by atoms with Crippen molar-refractivity contribution in [2.24, 2.45) is 4.99 Å². The van der Waals surface area contributed by atoms with Crippen molar-refractivity contribution >= 4 is 41.0 Å². The zero-order valence-corrected chi connectivity index (χ0v) is 13.9. The Morgan fingerprint density at radius 1 is 0.958 bits per heavy atom. The van der Waals surface area contributed by atoms with Gasteiger partial charge < -0.3 is 5.32 Å². The van der Waals surface area contributed by atoms with Crippen molar-refractivity contribution in [3.8, 4) is 0 Å².